The van der Waals surface area contributed by atoms with Gasteiger partial charge in [-0.3, -0.25) is 10.1 Å². The second kappa shape index (κ2) is 7.63. The van der Waals surface area contributed by atoms with Crippen LogP contribution in [0, 0.1) is 10.1 Å². The topological polar surface area (TPSA) is 102 Å². The van der Waals surface area contributed by atoms with Gasteiger partial charge in [0, 0.05) is 19.2 Å². The number of nitrogens with one attached hydrogen (secondary N) is 1. The maximum Gasteiger partial charge on any atom is 0.293 e. The van der Waals surface area contributed by atoms with Gasteiger partial charge in [0.15, 0.2) is 0 Å². The van der Waals surface area contributed by atoms with Gasteiger partial charge in [-0.15, -0.1) is 0 Å². The molecule has 144 valence electrons. The van der Waals surface area contributed by atoms with Gasteiger partial charge in [0.1, 0.15) is 11.8 Å². The van der Waals surface area contributed by atoms with Crippen LogP contribution in [-0.2, 0) is 14.8 Å². The Hall–Kier alpha value is -2.49. The molecular weight excluding hydrogens is 370 g/mol. The second-order valence-electron chi connectivity index (χ2n) is 6.37. The highest BCUT2D eigenvalue weighted by molar-refractivity contribution is 7.89. The number of nitrogens with zero attached hydrogens (tertiary/aromatic N) is 2. The summed E-state index contributed by atoms with van der Waals surface area (Å²) in [6.07, 6.45) is -0.362. The van der Waals surface area contributed by atoms with E-state index in [1.54, 1.807) is 0 Å². The largest absolute Gasteiger partial charge is 0.367 e. The number of nitro groups is 1. The van der Waals surface area contributed by atoms with E-state index in [1.165, 1.54) is 19.2 Å². The van der Waals surface area contributed by atoms with Crippen molar-refractivity contribution >= 4 is 21.4 Å². The van der Waals surface area contributed by atoms with Gasteiger partial charge in [-0.1, -0.05) is 30.3 Å². The fourth-order valence-electron chi connectivity index (χ4n) is 3.20. The number of nitro benzene ring substituents is 1. The summed E-state index contributed by atoms with van der Waals surface area (Å²) in [6, 6.07) is 13.6. The molecule has 9 heteroatoms. The lowest BCUT2D eigenvalue weighted by atomic mass is 10.1. The van der Waals surface area contributed by atoms with E-state index in [0.717, 1.165) is 11.6 Å². The van der Waals surface area contributed by atoms with Gasteiger partial charge >= 0.3 is 0 Å². The molecule has 2 unspecified atom stereocenters. The highest BCUT2D eigenvalue weighted by atomic mass is 32.2. The summed E-state index contributed by atoms with van der Waals surface area (Å²) in [6.45, 7) is 2.82. The summed E-state index contributed by atoms with van der Waals surface area (Å²) in [7, 11) is -2.50. The molecule has 0 amide bonds. The number of morpholine rings is 1. The lowest BCUT2D eigenvalue weighted by Crippen LogP contribution is -2.43. The number of benzene rings is 2. The van der Waals surface area contributed by atoms with Crippen LogP contribution in [0.25, 0.3) is 0 Å². The number of hydrogen-bond acceptors (Lipinski definition) is 6. The lowest BCUT2D eigenvalue weighted by molar-refractivity contribution is -0.384. The van der Waals surface area contributed by atoms with E-state index >= 15 is 0 Å². The first-order valence-electron chi connectivity index (χ1n) is 8.49. The normalized spacial score (nSPS) is 20.4. The summed E-state index contributed by atoms with van der Waals surface area (Å²) in [5, 5.41) is 11.6. The molecule has 1 saturated heterocycles. The molecule has 27 heavy (non-hydrogen) atoms. The third-order valence-electron chi connectivity index (χ3n) is 4.49. The Balaban J connectivity index is 1.98. The van der Waals surface area contributed by atoms with Crippen molar-refractivity contribution in [2.24, 2.45) is 0 Å². The number of hydrogen-bond donors (Lipinski definition) is 1. The maximum atomic E-state index is 12.0. The van der Waals surface area contributed by atoms with E-state index in [4.69, 9.17) is 4.74 Å². The first-order chi connectivity index (χ1) is 12.8. The fourth-order valence-corrected chi connectivity index (χ4v) is 3.95. The summed E-state index contributed by atoms with van der Waals surface area (Å²) >= 11 is 0. The molecule has 0 aromatic heterocycles. The van der Waals surface area contributed by atoms with Crippen molar-refractivity contribution in [1.29, 1.82) is 0 Å². The van der Waals surface area contributed by atoms with Gasteiger partial charge < -0.3 is 9.64 Å². The van der Waals surface area contributed by atoms with Crippen LogP contribution in [0.1, 0.15) is 18.6 Å². The standard InChI is InChI=1S/C18H21N3O5S/c1-13-11-20(12-18(26-13)14-6-4-3-5-7-14)16-9-8-15(27(24,25)19-2)10-17(16)21(22)23/h3-10,13,18-19H,11-12H2,1-2H3. The van der Waals surface area contributed by atoms with E-state index in [9.17, 15) is 18.5 Å². The Bertz CT molecular complexity index is 933. The van der Waals surface area contributed by atoms with Crippen molar-refractivity contribution in [2.75, 3.05) is 25.0 Å². The molecule has 0 radical (unpaired) electrons. The SMILES string of the molecule is CNS(=O)(=O)c1ccc(N2CC(C)OC(c3ccccc3)C2)c([N+](=O)[O-])c1. The second-order valence-corrected chi connectivity index (χ2v) is 8.25. The third-order valence-corrected chi connectivity index (χ3v) is 5.91. The maximum absolute atomic E-state index is 12.0. The molecule has 1 N–H and O–H groups in total. The predicted octanol–water partition coefficient (Wildman–Crippen LogP) is 2.47. The minimum absolute atomic E-state index is 0.135. The van der Waals surface area contributed by atoms with Gasteiger partial charge in [0.25, 0.3) is 5.69 Å². The number of ether oxygens (including phenoxy) is 1. The Labute approximate surface area is 158 Å². The van der Waals surface area contributed by atoms with Crippen LogP contribution >= 0.6 is 0 Å². The zero-order valence-electron chi connectivity index (χ0n) is 15.0. The number of sulfonamides is 1. The molecule has 8 nitrogen and oxygen atoms in total. The predicted molar refractivity (Wildman–Crippen MR) is 101 cm³/mol. The summed E-state index contributed by atoms with van der Waals surface area (Å²) < 4.78 is 32.1. The molecule has 0 aliphatic carbocycles. The van der Waals surface area contributed by atoms with E-state index in [2.05, 4.69) is 4.72 Å². The monoisotopic (exact) mass is 391 g/mol. The van der Waals surface area contributed by atoms with Crippen LogP contribution in [0.5, 0.6) is 0 Å². The first kappa shape index (κ1) is 19.3. The van der Waals surface area contributed by atoms with Crippen LogP contribution in [-0.4, -0.2) is 39.6 Å². The van der Waals surface area contributed by atoms with E-state index in [-0.39, 0.29) is 22.8 Å². The molecule has 0 spiro atoms. The quantitative estimate of drug-likeness (QED) is 0.621. The van der Waals surface area contributed by atoms with Crippen molar-refractivity contribution < 1.29 is 18.1 Å². The van der Waals surface area contributed by atoms with Crippen LogP contribution in [0.3, 0.4) is 0 Å². The molecule has 1 fully saturated rings. The fraction of sp³-hybridized carbons (Fsp3) is 0.333. The minimum Gasteiger partial charge on any atom is -0.367 e. The average molecular weight is 391 g/mol. The smallest absolute Gasteiger partial charge is 0.293 e. The van der Waals surface area contributed by atoms with Gasteiger partial charge in [0.05, 0.1) is 15.9 Å². The summed E-state index contributed by atoms with van der Waals surface area (Å²) in [5.74, 6) is 0. The summed E-state index contributed by atoms with van der Waals surface area (Å²) in [5.41, 5.74) is 1.13. The van der Waals surface area contributed by atoms with Gasteiger partial charge in [0.2, 0.25) is 10.0 Å². The lowest BCUT2D eigenvalue weighted by Gasteiger charge is -2.38. The highest BCUT2D eigenvalue weighted by Crippen LogP contribution is 2.35. The van der Waals surface area contributed by atoms with Crippen molar-refractivity contribution in [3.8, 4) is 0 Å². The van der Waals surface area contributed by atoms with Crippen LogP contribution < -0.4 is 9.62 Å². The molecule has 1 aliphatic rings. The third kappa shape index (κ3) is 4.10. The minimum atomic E-state index is -3.76. The Morgan fingerprint density at radius 2 is 1.89 bits per heavy atom. The zero-order valence-corrected chi connectivity index (χ0v) is 15.8. The molecule has 1 aliphatic heterocycles. The number of rotatable bonds is 5. The van der Waals surface area contributed by atoms with Crippen molar-refractivity contribution in [1.82, 2.24) is 4.72 Å². The Morgan fingerprint density at radius 1 is 1.19 bits per heavy atom. The molecule has 3 rings (SSSR count). The molecule has 2 aromatic rings. The van der Waals surface area contributed by atoms with Gasteiger partial charge in [-0.2, -0.15) is 0 Å². The van der Waals surface area contributed by atoms with Crippen LogP contribution in [0.15, 0.2) is 53.4 Å². The average Bonchev–Trinajstić information content (AvgIpc) is 2.67. The zero-order chi connectivity index (χ0) is 19.6. The highest BCUT2D eigenvalue weighted by Gasteiger charge is 2.31. The molecular formula is C18H21N3O5S. The van der Waals surface area contributed by atoms with Crippen molar-refractivity contribution in [3.05, 3.63) is 64.2 Å². The summed E-state index contributed by atoms with van der Waals surface area (Å²) in [4.78, 5) is 12.8. The Morgan fingerprint density at radius 3 is 2.52 bits per heavy atom. The molecule has 0 saturated carbocycles. The van der Waals surface area contributed by atoms with E-state index in [1.807, 2.05) is 42.2 Å². The van der Waals surface area contributed by atoms with E-state index < -0.39 is 14.9 Å². The van der Waals surface area contributed by atoms with Crippen molar-refractivity contribution in [3.63, 3.8) is 0 Å². The van der Waals surface area contributed by atoms with Gasteiger partial charge in [-0.25, -0.2) is 13.1 Å². The molecule has 2 aromatic carbocycles. The van der Waals surface area contributed by atoms with Crippen LogP contribution in [0.2, 0.25) is 0 Å². The molecule has 0 bridgehead atoms. The van der Waals surface area contributed by atoms with Crippen molar-refractivity contribution in [2.45, 2.75) is 24.0 Å². The van der Waals surface area contributed by atoms with E-state index in [0.29, 0.717) is 18.8 Å². The Kier molecular flexibility index (Phi) is 5.45. The molecule has 2 atom stereocenters. The number of anilines is 1. The first-order valence-corrected chi connectivity index (χ1v) is 9.97. The molecule has 1 heterocycles. The van der Waals surface area contributed by atoms with Gasteiger partial charge in [-0.05, 0) is 31.7 Å². The van der Waals surface area contributed by atoms with Crippen LogP contribution in [0.4, 0.5) is 11.4 Å².